The number of nitrogens with one attached hydrogen (secondary N) is 1. The number of carboxylic acid groups (broad SMARTS) is 1. The first kappa shape index (κ1) is 24.0. The third kappa shape index (κ3) is 5.01. The number of hydrogen-bond acceptors (Lipinski definition) is 5. The Morgan fingerprint density at radius 3 is 2.29 bits per heavy atom. The Balaban J connectivity index is 1.38. The second-order valence-electron chi connectivity index (χ2n) is 8.13. The van der Waals surface area contributed by atoms with Crippen LogP contribution in [0.4, 0.5) is 13.6 Å². The van der Waals surface area contributed by atoms with Crippen molar-refractivity contribution < 1.29 is 33.0 Å². The highest BCUT2D eigenvalue weighted by Crippen LogP contribution is 2.44. The third-order valence-electron chi connectivity index (χ3n) is 6.08. The molecule has 1 fully saturated rings. The number of aliphatic carboxylic acids is 1. The van der Waals surface area contributed by atoms with E-state index in [1.165, 1.54) is 11.8 Å². The Hall–Kier alpha value is -3.14. The first-order valence-corrected chi connectivity index (χ1v) is 12.0. The summed E-state index contributed by atoms with van der Waals surface area (Å²) >= 11 is 1.38. The molecule has 7 nitrogen and oxygen atoms in total. The number of amides is 2. The highest BCUT2D eigenvalue weighted by Gasteiger charge is 2.36. The zero-order chi connectivity index (χ0) is 24.2. The molecule has 180 valence electrons. The van der Waals surface area contributed by atoms with Gasteiger partial charge in [0.25, 0.3) is 6.43 Å². The predicted molar refractivity (Wildman–Crippen MR) is 123 cm³/mol. The fraction of sp³-hybridized carbons (Fsp3) is 0.375. The summed E-state index contributed by atoms with van der Waals surface area (Å²) in [6, 6.07) is 12.6. The van der Waals surface area contributed by atoms with Crippen molar-refractivity contribution in [3.8, 4) is 11.1 Å². The van der Waals surface area contributed by atoms with Crippen molar-refractivity contribution in [2.75, 3.05) is 24.7 Å². The molecule has 0 saturated carbocycles. The van der Waals surface area contributed by atoms with E-state index in [1.54, 1.807) is 0 Å². The standard InChI is InChI=1S/C24H24F2N2O5S/c25-22(26)19(11-21(29)28-9-10-34-13-20(28)23(30)31)27-24(32)33-12-18-16-7-3-1-5-14(16)15-6-2-4-8-17(15)18/h1-8,18-20,22H,9-13H2,(H,27,32)(H,30,31). The monoisotopic (exact) mass is 490 g/mol. The number of carboxylic acids is 1. The lowest BCUT2D eigenvalue weighted by molar-refractivity contribution is -0.149. The zero-order valence-electron chi connectivity index (χ0n) is 18.2. The van der Waals surface area contributed by atoms with Crippen LogP contribution < -0.4 is 5.32 Å². The Morgan fingerprint density at radius 2 is 1.71 bits per heavy atom. The lowest BCUT2D eigenvalue weighted by Gasteiger charge is -2.33. The Kier molecular flexibility index (Phi) is 7.35. The van der Waals surface area contributed by atoms with Crippen LogP contribution in [0, 0.1) is 0 Å². The average molecular weight is 491 g/mol. The van der Waals surface area contributed by atoms with E-state index < -0.39 is 42.9 Å². The van der Waals surface area contributed by atoms with Gasteiger partial charge in [-0.15, -0.1) is 0 Å². The highest BCUT2D eigenvalue weighted by atomic mass is 32.2. The fourth-order valence-electron chi connectivity index (χ4n) is 4.41. The SMILES string of the molecule is O=C(NC(CC(=O)N1CCSCC1C(=O)O)C(F)F)OCC1c2ccccc2-c2ccccc21. The molecule has 0 spiro atoms. The number of fused-ring (bicyclic) bond motifs is 3. The molecular formula is C24H24F2N2O5S. The number of benzene rings is 2. The normalized spacial score (nSPS) is 18.2. The molecule has 4 rings (SSSR count). The Labute approximate surface area is 199 Å². The molecule has 0 aromatic heterocycles. The number of alkyl halides is 2. The van der Waals surface area contributed by atoms with Crippen LogP contribution in [-0.4, -0.2) is 71.1 Å². The molecule has 2 aliphatic rings. The van der Waals surface area contributed by atoms with Gasteiger partial charge in [-0.2, -0.15) is 11.8 Å². The number of thioether (sulfide) groups is 1. The van der Waals surface area contributed by atoms with Crippen LogP contribution >= 0.6 is 11.8 Å². The average Bonchev–Trinajstić information content (AvgIpc) is 3.16. The summed E-state index contributed by atoms with van der Waals surface area (Å²) in [5.74, 6) is -1.43. The van der Waals surface area contributed by atoms with Gasteiger partial charge in [0, 0.05) is 24.0 Å². The third-order valence-corrected chi connectivity index (χ3v) is 7.10. The maximum atomic E-state index is 13.6. The van der Waals surface area contributed by atoms with Gasteiger partial charge in [-0.1, -0.05) is 48.5 Å². The van der Waals surface area contributed by atoms with Gasteiger partial charge >= 0.3 is 12.1 Å². The van der Waals surface area contributed by atoms with Gasteiger partial charge in [0.15, 0.2) is 0 Å². The smallest absolute Gasteiger partial charge is 0.407 e. The van der Waals surface area contributed by atoms with Crippen molar-refractivity contribution in [3.05, 3.63) is 59.7 Å². The number of hydrogen-bond donors (Lipinski definition) is 2. The molecule has 2 aromatic rings. The van der Waals surface area contributed by atoms with Gasteiger partial charge < -0.3 is 20.1 Å². The molecule has 10 heteroatoms. The molecule has 2 aromatic carbocycles. The molecule has 1 aliphatic carbocycles. The summed E-state index contributed by atoms with van der Waals surface area (Å²) in [5.41, 5.74) is 4.05. The van der Waals surface area contributed by atoms with E-state index in [4.69, 9.17) is 4.74 Å². The lowest BCUT2D eigenvalue weighted by Crippen LogP contribution is -2.52. The van der Waals surface area contributed by atoms with Gasteiger partial charge in [0.05, 0.1) is 6.42 Å². The minimum atomic E-state index is -3.02. The maximum Gasteiger partial charge on any atom is 0.407 e. The van der Waals surface area contributed by atoms with E-state index >= 15 is 0 Å². The Bertz CT molecular complexity index is 1040. The van der Waals surface area contributed by atoms with Crippen molar-refractivity contribution >= 4 is 29.7 Å². The number of carbonyl (C=O) groups is 3. The van der Waals surface area contributed by atoms with Gasteiger partial charge in [0.2, 0.25) is 5.91 Å². The molecule has 0 bridgehead atoms. The number of alkyl carbamates (subject to hydrolysis) is 1. The van der Waals surface area contributed by atoms with Crippen LogP contribution in [0.25, 0.3) is 11.1 Å². The summed E-state index contributed by atoms with van der Waals surface area (Å²) in [6.07, 6.45) is -4.79. The summed E-state index contributed by atoms with van der Waals surface area (Å²) in [4.78, 5) is 37.5. The number of rotatable bonds is 7. The van der Waals surface area contributed by atoms with Crippen LogP contribution in [0.3, 0.4) is 0 Å². The zero-order valence-corrected chi connectivity index (χ0v) is 19.0. The summed E-state index contributed by atoms with van der Waals surface area (Å²) < 4.78 is 32.5. The number of halogens is 2. The van der Waals surface area contributed by atoms with Crippen LogP contribution in [0.2, 0.25) is 0 Å². The molecular weight excluding hydrogens is 466 g/mol. The summed E-state index contributed by atoms with van der Waals surface area (Å²) in [5, 5.41) is 11.4. The minimum absolute atomic E-state index is 0.0474. The second-order valence-corrected chi connectivity index (χ2v) is 9.28. The van der Waals surface area contributed by atoms with E-state index in [0.29, 0.717) is 5.75 Å². The predicted octanol–water partition coefficient (Wildman–Crippen LogP) is 3.58. The van der Waals surface area contributed by atoms with Crippen molar-refractivity contribution in [3.63, 3.8) is 0 Å². The molecule has 1 aliphatic heterocycles. The summed E-state index contributed by atoms with van der Waals surface area (Å²) in [7, 11) is 0. The lowest BCUT2D eigenvalue weighted by atomic mass is 9.98. The van der Waals surface area contributed by atoms with Gasteiger partial charge in [-0.25, -0.2) is 18.4 Å². The fourth-order valence-corrected chi connectivity index (χ4v) is 5.44. The first-order chi connectivity index (χ1) is 16.4. The van der Waals surface area contributed by atoms with Crippen molar-refractivity contribution in [2.45, 2.75) is 30.8 Å². The van der Waals surface area contributed by atoms with Gasteiger partial charge in [-0.05, 0) is 22.3 Å². The van der Waals surface area contributed by atoms with Crippen LogP contribution in [0.15, 0.2) is 48.5 Å². The van der Waals surface area contributed by atoms with Gasteiger partial charge in [-0.3, -0.25) is 4.79 Å². The van der Waals surface area contributed by atoms with E-state index in [2.05, 4.69) is 5.32 Å². The van der Waals surface area contributed by atoms with E-state index in [-0.39, 0.29) is 24.8 Å². The molecule has 2 atom stereocenters. The van der Waals surface area contributed by atoms with Crippen LogP contribution in [0.1, 0.15) is 23.5 Å². The molecule has 34 heavy (non-hydrogen) atoms. The number of carbonyl (C=O) groups excluding carboxylic acids is 2. The van der Waals surface area contributed by atoms with Crippen LogP contribution in [0.5, 0.6) is 0 Å². The van der Waals surface area contributed by atoms with E-state index in [0.717, 1.165) is 27.2 Å². The largest absolute Gasteiger partial charge is 0.480 e. The Morgan fingerprint density at radius 1 is 1.09 bits per heavy atom. The van der Waals surface area contributed by atoms with Crippen molar-refractivity contribution in [1.82, 2.24) is 10.2 Å². The van der Waals surface area contributed by atoms with E-state index in [9.17, 15) is 28.3 Å². The molecule has 0 radical (unpaired) electrons. The van der Waals surface area contributed by atoms with Gasteiger partial charge in [0.1, 0.15) is 18.7 Å². The minimum Gasteiger partial charge on any atom is -0.480 e. The van der Waals surface area contributed by atoms with Crippen LogP contribution in [-0.2, 0) is 14.3 Å². The van der Waals surface area contributed by atoms with E-state index in [1.807, 2.05) is 48.5 Å². The molecule has 2 N–H and O–H groups in total. The second kappa shape index (κ2) is 10.4. The van der Waals surface area contributed by atoms with Crippen molar-refractivity contribution in [2.24, 2.45) is 0 Å². The highest BCUT2D eigenvalue weighted by molar-refractivity contribution is 7.99. The first-order valence-electron chi connectivity index (χ1n) is 10.9. The maximum absolute atomic E-state index is 13.6. The topological polar surface area (TPSA) is 95.9 Å². The number of ether oxygens (including phenoxy) is 1. The number of nitrogens with zero attached hydrogens (tertiary/aromatic N) is 1. The molecule has 2 unspecified atom stereocenters. The molecule has 1 heterocycles. The molecule has 1 saturated heterocycles. The quantitative estimate of drug-likeness (QED) is 0.616. The van der Waals surface area contributed by atoms with Crippen molar-refractivity contribution in [1.29, 1.82) is 0 Å². The molecule has 2 amide bonds. The summed E-state index contributed by atoms with van der Waals surface area (Å²) in [6.45, 7) is 0.107.